The van der Waals surface area contributed by atoms with Crippen molar-refractivity contribution in [3.8, 4) is 0 Å². The number of nitrogens with zero attached hydrogens (tertiary/aromatic N) is 4. The lowest BCUT2D eigenvalue weighted by molar-refractivity contribution is -0.127. The third kappa shape index (κ3) is 8.47. The molecule has 0 aromatic heterocycles. The average Bonchev–Trinajstić information content (AvgIpc) is 2.79. The lowest BCUT2D eigenvalue weighted by atomic mass is 10.0. The molecule has 0 radical (unpaired) electrons. The molecule has 0 aliphatic carbocycles. The number of morpholine rings is 1. The zero-order valence-electron chi connectivity index (χ0n) is 19.1. The molecule has 1 amide bonds. The highest BCUT2D eigenvalue weighted by Gasteiger charge is 2.20. The summed E-state index contributed by atoms with van der Waals surface area (Å²) in [5.74, 6) is 0.747. The van der Waals surface area contributed by atoms with E-state index in [1.807, 2.05) is 0 Å². The van der Waals surface area contributed by atoms with Crippen molar-refractivity contribution in [3.63, 3.8) is 0 Å². The van der Waals surface area contributed by atoms with Gasteiger partial charge in [-0.3, -0.25) is 14.6 Å². The summed E-state index contributed by atoms with van der Waals surface area (Å²) in [4.78, 5) is 23.0. The summed E-state index contributed by atoms with van der Waals surface area (Å²) in [5, 5.41) is 7.00. The molecule has 2 heterocycles. The molecule has 0 unspecified atom stereocenters. The number of likely N-dealkylation sites (N-methyl/N-ethyl adjacent to an activating group) is 1. The number of benzene rings is 1. The van der Waals surface area contributed by atoms with Crippen molar-refractivity contribution in [3.05, 3.63) is 35.9 Å². The minimum atomic E-state index is 0.00644. The zero-order valence-corrected chi connectivity index (χ0v) is 19.1. The molecular formula is C23H38N6O2. The highest BCUT2D eigenvalue weighted by atomic mass is 16.5. The standard InChI is InChI=1S/C23H38N6O2/c1-27(2)22(30)18-25-23(24-10-13-28-14-16-31-17-15-28)26-21-8-11-29(12-9-21)19-20-6-4-3-5-7-20/h3-7,21H,8-19H2,1-2H3,(H2,24,25,26). The Kier molecular flexibility index (Phi) is 9.58. The van der Waals surface area contributed by atoms with Gasteiger partial charge in [-0.25, -0.2) is 4.99 Å². The fourth-order valence-corrected chi connectivity index (χ4v) is 3.87. The monoisotopic (exact) mass is 430 g/mol. The first-order valence-electron chi connectivity index (χ1n) is 11.4. The van der Waals surface area contributed by atoms with Crippen LogP contribution in [0.3, 0.4) is 0 Å². The quantitative estimate of drug-likeness (QED) is 0.465. The zero-order chi connectivity index (χ0) is 21.9. The lowest BCUT2D eigenvalue weighted by Crippen LogP contribution is -2.50. The van der Waals surface area contributed by atoms with Crippen molar-refractivity contribution in [1.82, 2.24) is 25.3 Å². The molecule has 2 aliphatic heterocycles. The van der Waals surface area contributed by atoms with E-state index in [-0.39, 0.29) is 12.5 Å². The molecule has 172 valence electrons. The molecule has 1 aromatic carbocycles. The van der Waals surface area contributed by atoms with Crippen molar-refractivity contribution in [2.24, 2.45) is 4.99 Å². The molecule has 0 spiro atoms. The third-order valence-electron chi connectivity index (χ3n) is 5.87. The number of nitrogens with one attached hydrogen (secondary N) is 2. The molecule has 2 saturated heterocycles. The number of likely N-dealkylation sites (tertiary alicyclic amines) is 1. The van der Waals surface area contributed by atoms with E-state index in [1.165, 1.54) is 5.56 Å². The van der Waals surface area contributed by atoms with Crippen LogP contribution in [0.15, 0.2) is 35.3 Å². The number of aliphatic imine (C=N–C) groups is 1. The van der Waals surface area contributed by atoms with Gasteiger partial charge in [0.1, 0.15) is 6.54 Å². The Bertz CT molecular complexity index is 683. The first-order chi connectivity index (χ1) is 15.1. The van der Waals surface area contributed by atoms with Gasteiger partial charge < -0.3 is 20.3 Å². The van der Waals surface area contributed by atoms with Gasteiger partial charge in [-0.2, -0.15) is 0 Å². The molecule has 2 N–H and O–H groups in total. The van der Waals surface area contributed by atoms with E-state index in [4.69, 9.17) is 4.74 Å². The van der Waals surface area contributed by atoms with Crippen LogP contribution in [0.1, 0.15) is 18.4 Å². The molecule has 0 bridgehead atoms. The predicted octanol–water partition coefficient (Wildman–Crippen LogP) is 0.607. The Hall–Kier alpha value is -2.16. The number of hydrogen-bond donors (Lipinski definition) is 2. The summed E-state index contributed by atoms with van der Waals surface area (Å²) >= 11 is 0. The number of piperidine rings is 1. The largest absolute Gasteiger partial charge is 0.379 e. The van der Waals surface area contributed by atoms with Crippen LogP contribution in [0.5, 0.6) is 0 Å². The second-order valence-electron chi connectivity index (χ2n) is 8.51. The van der Waals surface area contributed by atoms with Gasteiger partial charge in [0.25, 0.3) is 0 Å². The van der Waals surface area contributed by atoms with Crippen LogP contribution >= 0.6 is 0 Å². The van der Waals surface area contributed by atoms with E-state index in [2.05, 4.69) is 55.8 Å². The molecule has 3 rings (SSSR count). The van der Waals surface area contributed by atoms with E-state index in [0.717, 1.165) is 77.8 Å². The fraction of sp³-hybridized carbons (Fsp3) is 0.652. The number of carbonyl (C=O) groups excluding carboxylic acids is 1. The Morgan fingerprint density at radius 3 is 2.48 bits per heavy atom. The summed E-state index contributed by atoms with van der Waals surface area (Å²) in [6.07, 6.45) is 2.14. The Morgan fingerprint density at radius 1 is 1.10 bits per heavy atom. The van der Waals surface area contributed by atoms with Crippen LogP contribution in [-0.4, -0.2) is 106 Å². The molecule has 2 aliphatic rings. The van der Waals surface area contributed by atoms with Crippen LogP contribution in [0.2, 0.25) is 0 Å². The van der Waals surface area contributed by atoms with E-state index < -0.39 is 0 Å². The second kappa shape index (κ2) is 12.6. The molecular weight excluding hydrogens is 392 g/mol. The van der Waals surface area contributed by atoms with Crippen molar-refractivity contribution in [2.75, 3.05) is 73.1 Å². The first kappa shape index (κ1) is 23.5. The maximum absolute atomic E-state index is 12.0. The van der Waals surface area contributed by atoms with Crippen molar-refractivity contribution < 1.29 is 9.53 Å². The van der Waals surface area contributed by atoms with Gasteiger partial charge in [0.2, 0.25) is 5.91 Å². The molecule has 8 heteroatoms. The number of amides is 1. The smallest absolute Gasteiger partial charge is 0.243 e. The summed E-state index contributed by atoms with van der Waals surface area (Å²) in [7, 11) is 3.53. The third-order valence-corrected chi connectivity index (χ3v) is 5.87. The summed E-state index contributed by atoms with van der Waals surface area (Å²) in [5.41, 5.74) is 1.36. The van der Waals surface area contributed by atoms with E-state index in [0.29, 0.717) is 6.04 Å². The predicted molar refractivity (Wildman–Crippen MR) is 124 cm³/mol. The van der Waals surface area contributed by atoms with Crippen molar-refractivity contribution >= 4 is 11.9 Å². The van der Waals surface area contributed by atoms with Crippen LogP contribution in [0.4, 0.5) is 0 Å². The Balaban J connectivity index is 1.46. The van der Waals surface area contributed by atoms with Crippen molar-refractivity contribution in [2.45, 2.75) is 25.4 Å². The van der Waals surface area contributed by atoms with Gasteiger partial charge in [-0.1, -0.05) is 30.3 Å². The SMILES string of the molecule is CN(C)C(=O)CN=C(NCCN1CCOCC1)NC1CCN(Cc2ccccc2)CC1. The molecule has 1 aromatic rings. The van der Waals surface area contributed by atoms with Crippen LogP contribution in [0, 0.1) is 0 Å². The van der Waals surface area contributed by atoms with Crippen LogP contribution in [0.25, 0.3) is 0 Å². The van der Waals surface area contributed by atoms with Gasteiger partial charge in [0, 0.05) is 66.0 Å². The first-order valence-corrected chi connectivity index (χ1v) is 11.4. The van der Waals surface area contributed by atoms with E-state index in [9.17, 15) is 4.79 Å². The summed E-state index contributed by atoms with van der Waals surface area (Å²) in [6.45, 7) is 8.58. The van der Waals surface area contributed by atoms with Gasteiger partial charge in [0.15, 0.2) is 5.96 Å². The number of carbonyl (C=O) groups is 1. The highest BCUT2D eigenvalue weighted by molar-refractivity contribution is 5.84. The highest BCUT2D eigenvalue weighted by Crippen LogP contribution is 2.13. The molecule has 0 saturated carbocycles. The normalized spacial score (nSPS) is 19.2. The molecule has 31 heavy (non-hydrogen) atoms. The molecule has 2 fully saturated rings. The number of guanidine groups is 1. The van der Waals surface area contributed by atoms with Gasteiger partial charge in [0.05, 0.1) is 13.2 Å². The summed E-state index contributed by atoms with van der Waals surface area (Å²) in [6, 6.07) is 11.0. The topological polar surface area (TPSA) is 72.4 Å². The van der Waals surface area contributed by atoms with Crippen LogP contribution in [-0.2, 0) is 16.1 Å². The molecule has 8 nitrogen and oxygen atoms in total. The van der Waals surface area contributed by atoms with Gasteiger partial charge in [-0.05, 0) is 18.4 Å². The average molecular weight is 431 g/mol. The fourth-order valence-electron chi connectivity index (χ4n) is 3.87. The minimum Gasteiger partial charge on any atom is -0.379 e. The number of ether oxygens (including phenoxy) is 1. The second-order valence-corrected chi connectivity index (χ2v) is 8.51. The summed E-state index contributed by atoms with van der Waals surface area (Å²) < 4.78 is 5.42. The van der Waals surface area contributed by atoms with Crippen molar-refractivity contribution in [1.29, 1.82) is 0 Å². The Labute approximate surface area is 186 Å². The maximum Gasteiger partial charge on any atom is 0.243 e. The van der Waals surface area contributed by atoms with E-state index >= 15 is 0 Å². The van der Waals surface area contributed by atoms with E-state index in [1.54, 1.807) is 19.0 Å². The Morgan fingerprint density at radius 2 is 1.81 bits per heavy atom. The minimum absolute atomic E-state index is 0.00644. The lowest BCUT2D eigenvalue weighted by Gasteiger charge is -2.33. The number of hydrogen-bond acceptors (Lipinski definition) is 5. The number of rotatable bonds is 8. The molecule has 0 atom stereocenters. The van der Waals surface area contributed by atoms with Crippen LogP contribution < -0.4 is 10.6 Å². The van der Waals surface area contributed by atoms with Gasteiger partial charge in [-0.15, -0.1) is 0 Å². The maximum atomic E-state index is 12.0. The van der Waals surface area contributed by atoms with Gasteiger partial charge >= 0.3 is 0 Å².